The van der Waals surface area contributed by atoms with Crippen LogP contribution in [0.3, 0.4) is 0 Å². The van der Waals surface area contributed by atoms with Crippen LogP contribution < -0.4 is 4.74 Å². The first-order valence-corrected chi connectivity index (χ1v) is 6.37. The minimum Gasteiger partial charge on any atom is -0.488 e. The van der Waals surface area contributed by atoms with Gasteiger partial charge in [0.1, 0.15) is 18.1 Å². The van der Waals surface area contributed by atoms with Crippen LogP contribution in [0.4, 0.5) is 8.78 Å². The second-order valence-electron chi connectivity index (χ2n) is 5.00. The molecule has 2 aliphatic heterocycles. The van der Waals surface area contributed by atoms with E-state index in [0.29, 0.717) is 19.8 Å². The average Bonchev–Trinajstić information content (AvgIpc) is 2.33. The second kappa shape index (κ2) is 4.97. The van der Waals surface area contributed by atoms with Crippen LogP contribution >= 0.6 is 0 Å². The van der Waals surface area contributed by atoms with Gasteiger partial charge in [-0.25, -0.2) is 8.78 Å². The number of hydrogen-bond donors (Lipinski definition) is 0. The van der Waals surface area contributed by atoms with Crippen LogP contribution in [-0.2, 0) is 4.74 Å². The molecule has 1 spiro atoms. The maximum Gasteiger partial charge on any atom is 0.273 e. The third-order valence-corrected chi connectivity index (χ3v) is 3.69. The van der Waals surface area contributed by atoms with E-state index < -0.39 is 13.0 Å². The Hall–Kier alpha value is -1.76. The zero-order valence-electron chi connectivity index (χ0n) is 10.7. The Morgan fingerprint density at radius 2 is 2.35 bits per heavy atom. The number of alkyl halides is 2. The van der Waals surface area contributed by atoms with Crippen molar-refractivity contribution in [3.63, 3.8) is 0 Å². The van der Waals surface area contributed by atoms with Gasteiger partial charge in [-0.3, -0.25) is 9.78 Å². The van der Waals surface area contributed by atoms with E-state index >= 15 is 0 Å². The highest BCUT2D eigenvalue weighted by Gasteiger charge is 2.53. The Kier molecular flexibility index (Phi) is 3.29. The molecule has 2 aliphatic rings. The lowest BCUT2D eigenvalue weighted by atomic mass is 9.82. The zero-order valence-corrected chi connectivity index (χ0v) is 10.7. The zero-order chi connectivity index (χ0) is 14.2. The molecule has 0 atom stereocenters. The predicted molar refractivity (Wildman–Crippen MR) is 64.9 cm³/mol. The molecule has 3 heterocycles. The molecule has 2 saturated heterocycles. The third kappa shape index (κ3) is 2.22. The van der Waals surface area contributed by atoms with Gasteiger partial charge in [0.15, 0.2) is 0 Å². The van der Waals surface area contributed by atoms with Crippen LogP contribution in [0.25, 0.3) is 0 Å². The first-order chi connectivity index (χ1) is 9.61. The fraction of sp³-hybridized carbons (Fsp3) is 0.538. The fourth-order valence-corrected chi connectivity index (χ4v) is 2.41. The van der Waals surface area contributed by atoms with Crippen molar-refractivity contribution in [2.45, 2.75) is 18.4 Å². The molecule has 0 N–H and O–H groups in total. The molecule has 7 heteroatoms. The predicted octanol–water partition coefficient (Wildman–Crippen LogP) is 1.34. The van der Waals surface area contributed by atoms with E-state index in [1.165, 1.54) is 18.3 Å². The van der Waals surface area contributed by atoms with Gasteiger partial charge >= 0.3 is 0 Å². The third-order valence-electron chi connectivity index (χ3n) is 3.69. The minimum atomic E-state index is -2.55. The van der Waals surface area contributed by atoms with E-state index in [9.17, 15) is 13.6 Å². The number of amides is 1. The van der Waals surface area contributed by atoms with Gasteiger partial charge in [-0.15, -0.1) is 0 Å². The molecule has 3 rings (SSSR count). The van der Waals surface area contributed by atoms with E-state index in [1.54, 1.807) is 4.90 Å². The molecule has 0 unspecified atom stereocenters. The molecular weight excluding hydrogens is 270 g/mol. The lowest BCUT2D eigenvalue weighted by molar-refractivity contribution is -0.172. The topological polar surface area (TPSA) is 51.7 Å². The molecule has 1 amide bonds. The van der Waals surface area contributed by atoms with Gasteiger partial charge in [0.25, 0.3) is 12.3 Å². The van der Waals surface area contributed by atoms with Crippen molar-refractivity contribution >= 4 is 5.91 Å². The van der Waals surface area contributed by atoms with Crippen LogP contribution in [0.15, 0.2) is 18.3 Å². The van der Waals surface area contributed by atoms with Crippen LogP contribution in [0.1, 0.15) is 16.9 Å². The average molecular weight is 284 g/mol. The number of pyridine rings is 1. The molecule has 0 radical (unpaired) electrons. The van der Waals surface area contributed by atoms with Gasteiger partial charge in [0.05, 0.1) is 18.8 Å². The molecule has 0 aromatic carbocycles. The number of hydrogen-bond acceptors (Lipinski definition) is 4. The number of ether oxygens (including phenoxy) is 2. The first kappa shape index (κ1) is 13.2. The standard InChI is InChI=1S/C13H14F2N2O3/c14-11(15)6-20-9-1-3-16-10(5-9)12(18)17-4-2-13(17)7-19-8-13/h1,3,5,11H,2,4,6-8H2. The van der Waals surface area contributed by atoms with Crippen molar-refractivity contribution in [2.75, 3.05) is 26.4 Å². The summed E-state index contributed by atoms with van der Waals surface area (Å²) in [7, 11) is 0. The highest BCUT2D eigenvalue weighted by Crippen LogP contribution is 2.38. The number of nitrogens with zero attached hydrogens (tertiary/aromatic N) is 2. The smallest absolute Gasteiger partial charge is 0.273 e. The molecule has 0 bridgehead atoms. The van der Waals surface area contributed by atoms with E-state index in [4.69, 9.17) is 9.47 Å². The molecule has 5 nitrogen and oxygen atoms in total. The molecule has 2 fully saturated rings. The largest absolute Gasteiger partial charge is 0.488 e. The number of carbonyl (C=O) groups excluding carboxylic acids is 1. The van der Waals surface area contributed by atoms with Crippen LogP contribution in [-0.4, -0.2) is 54.1 Å². The van der Waals surface area contributed by atoms with Crippen molar-refractivity contribution in [1.29, 1.82) is 0 Å². The van der Waals surface area contributed by atoms with Crippen molar-refractivity contribution in [1.82, 2.24) is 9.88 Å². The monoisotopic (exact) mass is 284 g/mol. The van der Waals surface area contributed by atoms with Crippen molar-refractivity contribution in [3.8, 4) is 5.75 Å². The van der Waals surface area contributed by atoms with Gasteiger partial charge in [-0.1, -0.05) is 0 Å². The lowest BCUT2D eigenvalue weighted by Gasteiger charge is -2.57. The van der Waals surface area contributed by atoms with E-state index in [1.807, 2.05) is 0 Å². The van der Waals surface area contributed by atoms with Crippen LogP contribution in [0.5, 0.6) is 5.75 Å². The lowest BCUT2D eigenvalue weighted by Crippen LogP contribution is -2.72. The maximum absolute atomic E-state index is 12.3. The summed E-state index contributed by atoms with van der Waals surface area (Å²) < 4.78 is 34.3. The summed E-state index contributed by atoms with van der Waals surface area (Å²) in [6, 6.07) is 2.85. The highest BCUT2D eigenvalue weighted by molar-refractivity contribution is 5.94. The van der Waals surface area contributed by atoms with Crippen molar-refractivity contribution in [2.24, 2.45) is 0 Å². The van der Waals surface area contributed by atoms with E-state index in [2.05, 4.69) is 4.98 Å². The molecule has 0 aliphatic carbocycles. The normalized spacial score (nSPS) is 19.6. The molecule has 20 heavy (non-hydrogen) atoms. The summed E-state index contributed by atoms with van der Waals surface area (Å²) in [6.45, 7) is 1.09. The van der Waals surface area contributed by atoms with Crippen LogP contribution in [0.2, 0.25) is 0 Å². The Morgan fingerprint density at radius 1 is 1.55 bits per heavy atom. The molecule has 1 aromatic heterocycles. The maximum atomic E-state index is 12.3. The molecule has 108 valence electrons. The van der Waals surface area contributed by atoms with Gasteiger partial charge in [-0.2, -0.15) is 0 Å². The minimum absolute atomic E-state index is 0.168. The fourth-order valence-electron chi connectivity index (χ4n) is 2.41. The number of aromatic nitrogens is 1. The van der Waals surface area contributed by atoms with Crippen molar-refractivity contribution < 1.29 is 23.0 Å². The summed E-state index contributed by atoms with van der Waals surface area (Å²) in [5.41, 5.74) is 0.0428. The molecular formula is C13H14F2N2O3. The number of carbonyl (C=O) groups is 1. The molecule has 1 aromatic rings. The summed E-state index contributed by atoms with van der Waals surface area (Å²) >= 11 is 0. The Labute approximate surface area is 114 Å². The Balaban J connectivity index is 1.70. The van der Waals surface area contributed by atoms with Crippen molar-refractivity contribution in [3.05, 3.63) is 24.0 Å². The van der Waals surface area contributed by atoms with Gasteiger partial charge in [0.2, 0.25) is 0 Å². The molecule has 0 saturated carbocycles. The highest BCUT2D eigenvalue weighted by atomic mass is 19.3. The van der Waals surface area contributed by atoms with Gasteiger partial charge < -0.3 is 14.4 Å². The summed E-state index contributed by atoms with van der Waals surface area (Å²) in [5, 5.41) is 0. The first-order valence-electron chi connectivity index (χ1n) is 6.37. The second-order valence-corrected chi connectivity index (χ2v) is 5.00. The van der Waals surface area contributed by atoms with Gasteiger partial charge in [0, 0.05) is 18.8 Å². The van der Waals surface area contributed by atoms with Gasteiger partial charge in [-0.05, 0) is 12.5 Å². The number of likely N-dealkylation sites (tertiary alicyclic amines) is 1. The van der Waals surface area contributed by atoms with E-state index in [0.717, 1.165) is 6.42 Å². The SMILES string of the molecule is O=C(c1cc(OCC(F)F)ccn1)N1CCC12COC2. The number of rotatable bonds is 4. The summed E-state index contributed by atoms with van der Waals surface area (Å²) in [4.78, 5) is 18.1. The Morgan fingerprint density at radius 3 is 2.90 bits per heavy atom. The quantitative estimate of drug-likeness (QED) is 0.837. The summed E-state index contributed by atoms with van der Waals surface area (Å²) in [5.74, 6) is 0.0186. The van der Waals surface area contributed by atoms with Crippen LogP contribution in [0, 0.1) is 0 Å². The number of halogens is 2. The van der Waals surface area contributed by atoms with E-state index in [-0.39, 0.29) is 22.9 Å². The Bertz CT molecular complexity index is 515. The summed E-state index contributed by atoms with van der Waals surface area (Å²) in [6.07, 6.45) is -0.231.